The summed E-state index contributed by atoms with van der Waals surface area (Å²) >= 11 is 5.89. The van der Waals surface area contributed by atoms with Gasteiger partial charge >= 0.3 is 0 Å². The van der Waals surface area contributed by atoms with E-state index in [4.69, 9.17) is 11.6 Å². The van der Waals surface area contributed by atoms with E-state index in [1.807, 2.05) is 0 Å². The molecular formula is C11H15ClN4O. The molecule has 6 heteroatoms. The van der Waals surface area contributed by atoms with E-state index in [1.54, 1.807) is 0 Å². The van der Waals surface area contributed by atoms with Crippen molar-refractivity contribution in [3.63, 3.8) is 0 Å². The minimum Gasteiger partial charge on any atom is -0.353 e. The number of carbonyl (C=O) groups excluding carboxylic acids is 1. The fourth-order valence-electron chi connectivity index (χ4n) is 1.96. The molecule has 1 atom stereocenters. The van der Waals surface area contributed by atoms with Crippen LogP contribution in [0.3, 0.4) is 0 Å². The number of piperazine rings is 1. The highest BCUT2D eigenvalue weighted by Gasteiger charge is 2.24. The van der Waals surface area contributed by atoms with Crippen LogP contribution in [-0.2, 0) is 0 Å². The highest BCUT2D eigenvalue weighted by atomic mass is 35.5. The Labute approximate surface area is 105 Å². The molecule has 17 heavy (non-hydrogen) atoms. The van der Waals surface area contributed by atoms with E-state index in [-0.39, 0.29) is 5.15 Å². The van der Waals surface area contributed by atoms with Crippen LogP contribution in [0.4, 0.5) is 5.82 Å². The first-order chi connectivity index (χ1) is 8.13. The van der Waals surface area contributed by atoms with Crippen LogP contribution in [0.1, 0.15) is 17.3 Å². The van der Waals surface area contributed by atoms with E-state index in [2.05, 4.69) is 33.7 Å². The van der Waals surface area contributed by atoms with Crippen molar-refractivity contribution < 1.29 is 4.79 Å². The van der Waals surface area contributed by atoms with Crippen molar-refractivity contribution in [3.8, 4) is 0 Å². The minimum atomic E-state index is 0.219. The molecule has 0 radical (unpaired) electrons. The molecular weight excluding hydrogens is 240 g/mol. The maximum Gasteiger partial charge on any atom is 0.156 e. The van der Waals surface area contributed by atoms with Gasteiger partial charge in [0.15, 0.2) is 6.29 Å². The van der Waals surface area contributed by atoms with Gasteiger partial charge in [0.05, 0.1) is 5.56 Å². The molecule has 1 fully saturated rings. The lowest BCUT2D eigenvalue weighted by Gasteiger charge is -2.38. The highest BCUT2D eigenvalue weighted by Crippen LogP contribution is 2.23. The third-order valence-corrected chi connectivity index (χ3v) is 3.49. The van der Waals surface area contributed by atoms with Crippen LogP contribution in [0.15, 0.2) is 6.33 Å². The third kappa shape index (κ3) is 2.40. The van der Waals surface area contributed by atoms with E-state index in [1.165, 1.54) is 6.33 Å². The maximum atomic E-state index is 11.0. The third-order valence-electron chi connectivity index (χ3n) is 3.19. The molecule has 1 aliphatic rings. The lowest BCUT2D eigenvalue weighted by molar-refractivity contribution is 0.112. The zero-order valence-electron chi connectivity index (χ0n) is 9.93. The molecule has 0 bridgehead atoms. The van der Waals surface area contributed by atoms with Gasteiger partial charge in [0.1, 0.15) is 17.3 Å². The second kappa shape index (κ2) is 4.98. The monoisotopic (exact) mass is 254 g/mol. The van der Waals surface area contributed by atoms with Gasteiger partial charge in [-0.15, -0.1) is 0 Å². The summed E-state index contributed by atoms with van der Waals surface area (Å²) in [7, 11) is 2.09. The number of anilines is 1. The first-order valence-electron chi connectivity index (χ1n) is 5.54. The van der Waals surface area contributed by atoms with E-state index >= 15 is 0 Å². The molecule has 2 heterocycles. The van der Waals surface area contributed by atoms with Gasteiger partial charge in [0, 0.05) is 25.7 Å². The summed E-state index contributed by atoms with van der Waals surface area (Å²) in [6.07, 6.45) is 2.12. The SMILES string of the molecule is CC1CN(c2ncnc(Cl)c2C=O)CCN1C. The van der Waals surface area contributed by atoms with Crippen molar-refractivity contribution in [2.45, 2.75) is 13.0 Å². The Morgan fingerprint density at radius 2 is 2.24 bits per heavy atom. The average Bonchev–Trinajstić information content (AvgIpc) is 2.32. The number of hydrogen-bond acceptors (Lipinski definition) is 5. The standard InChI is InChI=1S/C11H15ClN4O/c1-8-5-16(4-3-15(8)2)11-9(6-17)10(12)13-7-14-11/h6-8H,3-5H2,1-2H3. The Bertz CT molecular complexity index is 426. The number of likely N-dealkylation sites (N-methyl/N-ethyl adjacent to an activating group) is 1. The molecule has 1 aromatic rings. The van der Waals surface area contributed by atoms with E-state index in [9.17, 15) is 4.79 Å². The van der Waals surface area contributed by atoms with Crippen molar-refractivity contribution in [3.05, 3.63) is 17.0 Å². The summed E-state index contributed by atoms with van der Waals surface area (Å²) in [5.74, 6) is 0.639. The van der Waals surface area contributed by atoms with E-state index in [0.29, 0.717) is 17.4 Å². The Hall–Kier alpha value is -1.20. The molecule has 1 saturated heterocycles. The smallest absolute Gasteiger partial charge is 0.156 e. The van der Waals surface area contributed by atoms with Crippen LogP contribution < -0.4 is 4.90 Å². The van der Waals surface area contributed by atoms with Gasteiger partial charge in [-0.3, -0.25) is 4.79 Å². The summed E-state index contributed by atoms with van der Waals surface area (Å²) in [6.45, 7) is 4.77. The summed E-state index contributed by atoms with van der Waals surface area (Å²) in [6, 6.07) is 0.428. The normalized spacial score (nSPS) is 21.6. The van der Waals surface area contributed by atoms with E-state index < -0.39 is 0 Å². The molecule has 0 saturated carbocycles. The number of hydrogen-bond donors (Lipinski definition) is 0. The molecule has 0 spiro atoms. The lowest BCUT2D eigenvalue weighted by Crippen LogP contribution is -2.50. The molecule has 0 aliphatic carbocycles. The summed E-state index contributed by atoms with van der Waals surface area (Å²) in [5, 5.41) is 0.219. The zero-order chi connectivity index (χ0) is 12.4. The lowest BCUT2D eigenvalue weighted by atomic mass is 10.2. The Morgan fingerprint density at radius 1 is 1.47 bits per heavy atom. The minimum absolute atomic E-state index is 0.219. The summed E-state index contributed by atoms with van der Waals surface area (Å²) in [4.78, 5) is 23.4. The van der Waals surface area contributed by atoms with Gasteiger partial charge in [0.2, 0.25) is 0 Å². The van der Waals surface area contributed by atoms with E-state index in [0.717, 1.165) is 25.9 Å². The fraction of sp³-hybridized carbons (Fsp3) is 0.545. The average molecular weight is 255 g/mol. The molecule has 1 aliphatic heterocycles. The van der Waals surface area contributed by atoms with Gasteiger partial charge in [-0.25, -0.2) is 9.97 Å². The van der Waals surface area contributed by atoms with Crippen LogP contribution in [0, 0.1) is 0 Å². The molecule has 92 valence electrons. The number of rotatable bonds is 2. The van der Waals surface area contributed by atoms with Crippen LogP contribution in [0.5, 0.6) is 0 Å². The van der Waals surface area contributed by atoms with Gasteiger partial charge in [-0.1, -0.05) is 11.6 Å². The van der Waals surface area contributed by atoms with Crippen molar-refractivity contribution in [2.75, 3.05) is 31.6 Å². The Balaban J connectivity index is 2.28. The van der Waals surface area contributed by atoms with Crippen LogP contribution in [-0.4, -0.2) is 53.9 Å². The molecule has 2 rings (SSSR count). The number of nitrogens with zero attached hydrogens (tertiary/aromatic N) is 4. The largest absolute Gasteiger partial charge is 0.353 e. The van der Waals surface area contributed by atoms with Gasteiger partial charge in [0.25, 0.3) is 0 Å². The van der Waals surface area contributed by atoms with Gasteiger partial charge < -0.3 is 9.80 Å². The molecule has 0 aromatic carbocycles. The number of carbonyl (C=O) groups is 1. The summed E-state index contributed by atoms with van der Waals surface area (Å²) < 4.78 is 0. The topological polar surface area (TPSA) is 49.3 Å². The first-order valence-corrected chi connectivity index (χ1v) is 5.92. The Morgan fingerprint density at radius 3 is 2.88 bits per heavy atom. The second-order valence-corrected chi connectivity index (χ2v) is 4.65. The molecule has 1 unspecified atom stereocenters. The van der Waals surface area contributed by atoms with Gasteiger partial charge in [-0.05, 0) is 14.0 Å². The van der Waals surface area contributed by atoms with Crippen LogP contribution in [0.25, 0.3) is 0 Å². The number of halogens is 1. The number of aromatic nitrogens is 2. The zero-order valence-corrected chi connectivity index (χ0v) is 10.7. The first kappa shape index (κ1) is 12.3. The molecule has 0 amide bonds. The second-order valence-electron chi connectivity index (χ2n) is 4.30. The van der Waals surface area contributed by atoms with Gasteiger partial charge in [-0.2, -0.15) is 0 Å². The molecule has 5 nitrogen and oxygen atoms in total. The van der Waals surface area contributed by atoms with Crippen molar-refractivity contribution >= 4 is 23.7 Å². The number of aldehydes is 1. The Kier molecular flexibility index (Phi) is 3.59. The quantitative estimate of drug-likeness (QED) is 0.584. The predicted octanol–water partition coefficient (Wildman–Crippen LogP) is 1.08. The summed E-state index contributed by atoms with van der Waals surface area (Å²) in [5.41, 5.74) is 0.380. The molecule has 1 aromatic heterocycles. The van der Waals surface area contributed by atoms with Crippen molar-refractivity contribution in [2.24, 2.45) is 0 Å². The van der Waals surface area contributed by atoms with Crippen molar-refractivity contribution in [1.29, 1.82) is 0 Å². The fourth-order valence-corrected chi connectivity index (χ4v) is 2.13. The highest BCUT2D eigenvalue weighted by molar-refractivity contribution is 6.32. The predicted molar refractivity (Wildman–Crippen MR) is 66.7 cm³/mol. The maximum absolute atomic E-state index is 11.0. The molecule has 0 N–H and O–H groups in total. The van der Waals surface area contributed by atoms with Crippen LogP contribution in [0.2, 0.25) is 5.15 Å². The van der Waals surface area contributed by atoms with Crippen LogP contribution >= 0.6 is 11.6 Å². The van der Waals surface area contributed by atoms with Crippen molar-refractivity contribution in [1.82, 2.24) is 14.9 Å².